The molecule has 1 unspecified atom stereocenters. The van der Waals surface area contributed by atoms with Crippen molar-refractivity contribution in [2.24, 2.45) is 4.99 Å². The van der Waals surface area contributed by atoms with Gasteiger partial charge in [-0.25, -0.2) is 0 Å². The fourth-order valence-corrected chi connectivity index (χ4v) is 2.43. The minimum atomic E-state index is 0.0433. The normalized spacial score (nSPS) is 12.3. The second kappa shape index (κ2) is 11.2. The van der Waals surface area contributed by atoms with E-state index < -0.39 is 0 Å². The first-order valence-corrected chi connectivity index (χ1v) is 8.87. The molecule has 2 N–H and O–H groups in total. The first kappa shape index (κ1) is 21.6. The highest BCUT2D eigenvalue weighted by atomic mass is 16.5. The molecule has 0 aromatic heterocycles. The van der Waals surface area contributed by atoms with Gasteiger partial charge < -0.3 is 25.0 Å². The van der Waals surface area contributed by atoms with Gasteiger partial charge in [-0.05, 0) is 25.5 Å². The number of hydrogen-bond donors (Lipinski definition) is 2. The second-order valence-corrected chi connectivity index (χ2v) is 6.13. The van der Waals surface area contributed by atoms with Crippen LogP contribution in [0.2, 0.25) is 0 Å². The molecular weight excluding hydrogens is 332 g/mol. The molecule has 0 aliphatic heterocycles. The monoisotopic (exact) mass is 364 g/mol. The lowest BCUT2D eigenvalue weighted by atomic mass is 10.2. The van der Waals surface area contributed by atoms with E-state index >= 15 is 0 Å². The molecule has 7 nitrogen and oxygen atoms in total. The Balaban J connectivity index is 2.59. The van der Waals surface area contributed by atoms with Crippen LogP contribution in [0, 0.1) is 0 Å². The molecule has 0 fully saturated rings. The van der Waals surface area contributed by atoms with Crippen LogP contribution in [0.25, 0.3) is 0 Å². The number of guanidine groups is 1. The van der Waals surface area contributed by atoms with Crippen LogP contribution in [0.3, 0.4) is 0 Å². The summed E-state index contributed by atoms with van der Waals surface area (Å²) in [6, 6.07) is 5.94. The van der Waals surface area contributed by atoms with Crippen LogP contribution in [0.4, 0.5) is 0 Å². The van der Waals surface area contributed by atoms with E-state index in [1.54, 1.807) is 21.3 Å². The number of carbonyl (C=O) groups is 1. The van der Waals surface area contributed by atoms with E-state index in [2.05, 4.69) is 15.6 Å². The Morgan fingerprint density at radius 1 is 1.31 bits per heavy atom. The van der Waals surface area contributed by atoms with E-state index in [-0.39, 0.29) is 11.9 Å². The van der Waals surface area contributed by atoms with E-state index in [1.165, 1.54) is 0 Å². The summed E-state index contributed by atoms with van der Waals surface area (Å²) in [5.41, 5.74) is 1.02. The van der Waals surface area contributed by atoms with Crippen molar-refractivity contribution in [3.8, 4) is 11.5 Å². The molecule has 7 heteroatoms. The quantitative estimate of drug-likeness (QED) is 0.518. The first-order valence-electron chi connectivity index (χ1n) is 8.87. The molecule has 0 saturated carbocycles. The molecule has 146 valence electrons. The van der Waals surface area contributed by atoms with Gasteiger partial charge in [0.05, 0.1) is 14.2 Å². The van der Waals surface area contributed by atoms with Crippen molar-refractivity contribution in [3.05, 3.63) is 23.8 Å². The van der Waals surface area contributed by atoms with Crippen molar-refractivity contribution in [1.29, 1.82) is 0 Å². The van der Waals surface area contributed by atoms with Gasteiger partial charge in [-0.2, -0.15) is 0 Å². The summed E-state index contributed by atoms with van der Waals surface area (Å²) in [7, 11) is 6.94. The van der Waals surface area contributed by atoms with Gasteiger partial charge in [0.15, 0.2) is 5.96 Å². The highest BCUT2D eigenvalue weighted by Crippen LogP contribution is 2.25. The maximum Gasteiger partial charge on any atom is 0.221 e. The average Bonchev–Trinajstić information content (AvgIpc) is 2.65. The molecule has 0 heterocycles. The fraction of sp³-hybridized carbons (Fsp3) is 0.579. The van der Waals surface area contributed by atoms with Gasteiger partial charge in [-0.3, -0.25) is 9.79 Å². The summed E-state index contributed by atoms with van der Waals surface area (Å²) in [6.45, 7) is 5.19. The molecule has 0 aliphatic carbocycles. The summed E-state index contributed by atoms with van der Waals surface area (Å²) >= 11 is 0. The van der Waals surface area contributed by atoms with E-state index in [4.69, 9.17) is 9.47 Å². The number of amides is 1. The van der Waals surface area contributed by atoms with Crippen LogP contribution in [0.15, 0.2) is 23.2 Å². The Morgan fingerprint density at radius 3 is 2.62 bits per heavy atom. The van der Waals surface area contributed by atoms with Crippen LogP contribution < -0.4 is 20.1 Å². The van der Waals surface area contributed by atoms with Crippen molar-refractivity contribution in [2.75, 3.05) is 34.9 Å². The number of ether oxygens (including phenoxy) is 2. The Morgan fingerprint density at radius 2 is 2.04 bits per heavy atom. The fourth-order valence-electron chi connectivity index (χ4n) is 2.43. The van der Waals surface area contributed by atoms with E-state index in [0.29, 0.717) is 19.5 Å². The summed E-state index contributed by atoms with van der Waals surface area (Å²) < 4.78 is 10.7. The molecule has 1 aromatic carbocycles. The zero-order chi connectivity index (χ0) is 19.5. The predicted molar refractivity (Wildman–Crippen MR) is 105 cm³/mol. The molecule has 26 heavy (non-hydrogen) atoms. The Bertz CT molecular complexity index is 604. The summed E-state index contributed by atoms with van der Waals surface area (Å²) in [6.07, 6.45) is 1.33. The average molecular weight is 364 g/mol. The molecule has 0 spiro atoms. The molecule has 1 rings (SSSR count). The Hall–Kier alpha value is -2.44. The molecule has 0 aliphatic rings. The Labute approximate surface area is 156 Å². The molecular formula is C19H32N4O3. The standard InChI is InChI=1S/C19H32N4O3/c1-7-14(2)22-18(24)10-11-21-19(20-3)23(4)13-15-8-9-16(25-5)12-17(15)26-6/h8-9,12,14H,7,10-11,13H2,1-6H3,(H,20,21)(H,22,24). The first-order chi connectivity index (χ1) is 12.4. The molecule has 0 radical (unpaired) electrons. The smallest absolute Gasteiger partial charge is 0.221 e. The predicted octanol–water partition coefficient (Wildman–Crippen LogP) is 2.02. The number of aliphatic imine (C=N–C) groups is 1. The molecule has 1 amide bonds. The SMILES string of the molecule is CCC(C)NC(=O)CCNC(=NC)N(C)Cc1ccc(OC)cc1OC. The minimum Gasteiger partial charge on any atom is -0.497 e. The molecule has 1 atom stereocenters. The van der Waals surface area contributed by atoms with Gasteiger partial charge in [0.2, 0.25) is 5.91 Å². The van der Waals surface area contributed by atoms with Crippen LogP contribution in [-0.4, -0.2) is 57.7 Å². The highest BCUT2D eigenvalue weighted by molar-refractivity contribution is 5.81. The zero-order valence-corrected chi connectivity index (χ0v) is 16.8. The van der Waals surface area contributed by atoms with Gasteiger partial charge in [-0.15, -0.1) is 0 Å². The third-order valence-electron chi connectivity index (χ3n) is 4.13. The molecule has 0 bridgehead atoms. The second-order valence-electron chi connectivity index (χ2n) is 6.13. The number of hydrogen-bond acceptors (Lipinski definition) is 4. The van der Waals surface area contributed by atoms with Gasteiger partial charge in [0.25, 0.3) is 0 Å². The maximum absolute atomic E-state index is 11.9. The summed E-state index contributed by atoms with van der Waals surface area (Å²) in [5, 5.41) is 6.18. The Kier molecular flexibility index (Phi) is 9.33. The van der Waals surface area contributed by atoms with Crippen molar-refractivity contribution in [3.63, 3.8) is 0 Å². The summed E-state index contributed by atoms with van der Waals surface area (Å²) in [5.74, 6) is 2.28. The van der Waals surface area contributed by atoms with Gasteiger partial charge in [-0.1, -0.05) is 6.92 Å². The number of methoxy groups -OCH3 is 2. The number of nitrogens with zero attached hydrogens (tertiary/aromatic N) is 2. The van der Waals surface area contributed by atoms with E-state index in [1.807, 2.05) is 44.0 Å². The lowest BCUT2D eigenvalue weighted by Gasteiger charge is -2.23. The molecule has 1 aromatic rings. The van der Waals surface area contributed by atoms with Crippen molar-refractivity contribution in [1.82, 2.24) is 15.5 Å². The number of rotatable bonds is 9. The number of carbonyl (C=O) groups excluding carboxylic acids is 1. The lowest BCUT2D eigenvalue weighted by Crippen LogP contribution is -2.41. The van der Waals surface area contributed by atoms with E-state index in [9.17, 15) is 4.79 Å². The van der Waals surface area contributed by atoms with E-state index in [0.717, 1.165) is 29.4 Å². The highest BCUT2D eigenvalue weighted by Gasteiger charge is 2.12. The van der Waals surface area contributed by atoms with Crippen LogP contribution in [-0.2, 0) is 11.3 Å². The van der Waals surface area contributed by atoms with Gasteiger partial charge in [0, 0.05) is 51.3 Å². The third kappa shape index (κ3) is 6.82. The van der Waals surface area contributed by atoms with Crippen molar-refractivity contribution in [2.45, 2.75) is 39.3 Å². The zero-order valence-electron chi connectivity index (χ0n) is 16.8. The topological polar surface area (TPSA) is 75.2 Å². The third-order valence-corrected chi connectivity index (χ3v) is 4.13. The van der Waals surface area contributed by atoms with Crippen molar-refractivity contribution < 1.29 is 14.3 Å². The van der Waals surface area contributed by atoms with Gasteiger partial charge >= 0.3 is 0 Å². The van der Waals surface area contributed by atoms with Crippen LogP contribution >= 0.6 is 0 Å². The maximum atomic E-state index is 11.9. The summed E-state index contributed by atoms with van der Waals surface area (Å²) in [4.78, 5) is 18.1. The van der Waals surface area contributed by atoms with Crippen LogP contribution in [0.1, 0.15) is 32.3 Å². The molecule has 0 saturated heterocycles. The van der Waals surface area contributed by atoms with Gasteiger partial charge in [0.1, 0.15) is 11.5 Å². The largest absolute Gasteiger partial charge is 0.497 e. The lowest BCUT2D eigenvalue weighted by molar-refractivity contribution is -0.121. The van der Waals surface area contributed by atoms with Crippen molar-refractivity contribution >= 4 is 11.9 Å². The van der Waals surface area contributed by atoms with Crippen LogP contribution in [0.5, 0.6) is 11.5 Å². The number of nitrogens with one attached hydrogen (secondary N) is 2. The minimum absolute atomic E-state index is 0.0433. The number of benzene rings is 1.